The van der Waals surface area contributed by atoms with Gasteiger partial charge in [0.25, 0.3) is 0 Å². The van der Waals surface area contributed by atoms with Gasteiger partial charge >= 0.3 is 0 Å². The highest BCUT2D eigenvalue weighted by Gasteiger charge is 2.24. The quantitative estimate of drug-likeness (QED) is 0.557. The van der Waals surface area contributed by atoms with Gasteiger partial charge in [0.2, 0.25) is 0 Å². The number of pyridine rings is 1. The zero-order valence-electron chi connectivity index (χ0n) is 14.9. The van der Waals surface area contributed by atoms with Crippen molar-refractivity contribution in [2.75, 3.05) is 11.9 Å². The van der Waals surface area contributed by atoms with Crippen LogP contribution >= 0.6 is 11.3 Å². The molecule has 0 fully saturated rings. The SMILES string of the molecule is C[C@H]1CCc2c(sc3ncnc(N(C)Cc4nnc5ccccn45)c23)C1. The van der Waals surface area contributed by atoms with Gasteiger partial charge in [0.1, 0.15) is 17.0 Å². The summed E-state index contributed by atoms with van der Waals surface area (Å²) in [4.78, 5) is 13.9. The van der Waals surface area contributed by atoms with Crippen LogP contribution in [0.4, 0.5) is 5.82 Å². The summed E-state index contributed by atoms with van der Waals surface area (Å²) in [5.74, 6) is 2.66. The number of nitrogens with zero attached hydrogens (tertiary/aromatic N) is 6. The highest BCUT2D eigenvalue weighted by Crippen LogP contribution is 2.40. The summed E-state index contributed by atoms with van der Waals surface area (Å²) < 4.78 is 2.03. The summed E-state index contributed by atoms with van der Waals surface area (Å²) in [6.45, 7) is 2.99. The number of hydrogen-bond acceptors (Lipinski definition) is 6. The number of thiophene rings is 1. The van der Waals surface area contributed by atoms with Crippen LogP contribution in [0.5, 0.6) is 0 Å². The average Bonchev–Trinajstić information content (AvgIpc) is 3.22. The van der Waals surface area contributed by atoms with Crippen LogP contribution in [0.3, 0.4) is 0 Å². The molecule has 5 rings (SSSR count). The molecule has 4 aromatic heterocycles. The summed E-state index contributed by atoms with van der Waals surface area (Å²) in [6, 6.07) is 5.94. The van der Waals surface area contributed by atoms with E-state index in [0.29, 0.717) is 6.54 Å². The van der Waals surface area contributed by atoms with Gasteiger partial charge in [-0.1, -0.05) is 13.0 Å². The first kappa shape index (κ1) is 15.7. The molecule has 132 valence electrons. The Hall–Kier alpha value is -2.54. The molecule has 0 saturated carbocycles. The summed E-state index contributed by atoms with van der Waals surface area (Å²) in [5, 5.41) is 9.84. The molecule has 1 aliphatic carbocycles. The number of aryl methyl sites for hydroxylation is 1. The van der Waals surface area contributed by atoms with Crippen molar-refractivity contribution in [2.45, 2.75) is 32.7 Å². The molecule has 26 heavy (non-hydrogen) atoms. The topological polar surface area (TPSA) is 59.2 Å². The molecule has 0 amide bonds. The Morgan fingerprint density at radius 3 is 3.12 bits per heavy atom. The zero-order chi connectivity index (χ0) is 17.7. The Kier molecular flexibility index (Phi) is 3.63. The highest BCUT2D eigenvalue weighted by molar-refractivity contribution is 7.19. The minimum absolute atomic E-state index is 0.651. The molecule has 4 heterocycles. The van der Waals surface area contributed by atoms with E-state index in [9.17, 15) is 0 Å². The molecular weight excluding hydrogens is 344 g/mol. The van der Waals surface area contributed by atoms with Gasteiger partial charge in [0.05, 0.1) is 11.9 Å². The third-order valence-electron chi connectivity index (χ3n) is 5.20. The average molecular weight is 364 g/mol. The molecule has 0 aliphatic heterocycles. The van der Waals surface area contributed by atoms with E-state index in [2.05, 4.69) is 39.0 Å². The fraction of sp³-hybridized carbons (Fsp3) is 0.368. The normalized spacial score (nSPS) is 16.9. The van der Waals surface area contributed by atoms with Crippen LogP contribution in [0, 0.1) is 5.92 Å². The second-order valence-electron chi connectivity index (χ2n) is 7.13. The second-order valence-corrected chi connectivity index (χ2v) is 8.21. The maximum Gasteiger partial charge on any atom is 0.160 e. The lowest BCUT2D eigenvalue weighted by molar-refractivity contribution is 0.509. The molecule has 4 aromatic rings. The maximum atomic E-state index is 4.63. The Morgan fingerprint density at radius 2 is 2.19 bits per heavy atom. The molecule has 0 bridgehead atoms. The molecule has 0 saturated heterocycles. The molecule has 0 spiro atoms. The molecular formula is C19H20N6S. The lowest BCUT2D eigenvalue weighted by Gasteiger charge is -2.21. The lowest BCUT2D eigenvalue weighted by Crippen LogP contribution is -2.20. The van der Waals surface area contributed by atoms with Crippen LogP contribution in [0.25, 0.3) is 15.9 Å². The standard InChI is InChI=1S/C19H20N6S/c1-12-6-7-13-14(9-12)26-19-17(13)18(20-11-21-19)24(2)10-16-23-22-15-5-3-4-8-25(15)16/h3-5,8,11-12H,6-7,9-10H2,1-2H3/t12-/m0/s1. The van der Waals surface area contributed by atoms with Crippen molar-refractivity contribution < 1.29 is 0 Å². The van der Waals surface area contributed by atoms with Crippen LogP contribution < -0.4 is 4.90 Å². The summed E-state index contributed by atoms with van der Waals surface area (Å²) in [6.07, 6.45) is 7.21. The number of aromatic nitrogens is 5. The molecule has 6 nitrogen and oxygen atoms in total. The second kappa shape index (κ2) is 6.02. The number of rotatable bonds is 3. The van der Waals surface area contributed by atoms with Crippen molar-refractivity contribution in [2.24, 2.45) is 5.92 Å². The van der Waals surface area contributed by atoms with Gasteiger partial charge in [-0.05, 0) is 42.9 Å². The van der Waals surface area contributed by atoms with Crippen LogP contribution in [-0.4, -0.2) is 31.6 Å². The van der Waals surface area contributed by atoms with Gasteiger partial charge in [-0.3, -0.25) is 4.40 Å². The third-order valence-corrected chi connectivity index (χ3v) is 6.36. The third kappa shape index (κ3) is 2.46. The van der Waals surface area contributed by atoms with Crippen LogP contribution in [0.15, 0.2) is 30.7 Å². The molecule has 1 aliphatic rings. The fourth-order valence-corrected chi connectivity index (χ4v) is 5.18. The number of anilines is 1. The van der Waals surface area contributed by atoms with Gasteiger partial charge in [-0.15, -0.1) is 21.5 Å². The Labute approximate surface area is 155 Å². The van der Waals surface area contributed by atoms with E-state index in [1.54, 1.807) is 6.33 Å². The van der Waals surface area contributed by atoms with Crippen molar-refractivity contribution in [3.05, 3.63) is 47.0 Å². The summed E-state index contributed by atoms with van der Waals surface area (Å²) in [5.41, 5.74) is 2.32. The van der Waals surface area contributed by atoms with E-state index in [0.717, 1.165) is 40.9 Å². The first-order valence-corrected chi connectivity index (χ1v) is 9.77. The first-order chi connectivity index (χ1) is 12.7. The smallest absolute Gasteiger partial charge is 0.160 e. The Balaban J connectivity index is 1.56. The van der Waals surface area contributed by atoms with Crippen molar-refractivity contribution in [1.82, 2.24) is 24.6 Å². The Morgan fingerprint density at radius 1 is 1.27 bits per heavy atom. The molecule has 1 atom stereocenters. The van der Waals surface area contributed by atoms with E-state index in [-0.39, 0.29) is 0 Å². The van der Waals surface area contributed by atoms with Crippen LogP contribution in [0.1, 0.15) is 29.6 Å². The summed E-state index contributed by atoms with van der Waals surface area (Å²) >= 11 is 1.83. The first-order valence-electron chi connectivity index (χ1n) is 8.95. The molecule has 0 radical (unpaired) electrons. The van der Waals surface area contributed by atoms with Crippen LogP contribution in [0.2, 0.25) is 0 Å². The fourth-order valence-electron chi connectivity index (χ4n) is 3.83. The van der Waals surface area contributed by atoms with Crippen molar-refractivity contribution in [1.29, 1.82) is 0 Å². The van der Waals surface area contributed by atoms with Gasteiger partial charge in [0.15, 0.2) is 11.5 Å². The predicted octanol–water partition coefficient (Wildman–Crippen LogP) is 3.50. The predicted molar refractivity (Wildman–Crippen MR) is 104 cm³/mol. The molecule has 0 unspecified atom stereocenters. The molecule has 0 N–H and O–H groups in total. The van der Waals surface area contributed by atoms with E-state index in [1.165, 1.54) is 22.2 Å². The number of fused-ring (bicyclic) bond motifs is 4. The minimum Gasteiger partial charge on any atom is -0.351 e. The summed E-state index contributed by atoms with van der Waals surface area (Å²) in [7, 11) is 2.07. The van der Waals surface area contributed by atoms with Crippen molar-refractivity contribution in [3.8, 4) is 0 Å². The van der Waals surface area contributed by atoms with E-state index in [1.807, 2.05) is 40.1 Å². The van der Waals surface area contributed by atoms with Crippen molar-refractivity contribution >= 4 is 33.0 Å². The molecule has 0 aromatic carbocycles. The maximum absolute atomic E-state index is 4.63. The van der Waals surface area contributed by atoms with Crippen molar-refractivity contribution in [3.63, 3.8) is 0 Å². The number of hydrogen-bond donors (Lipinski definition) is 0. The van der Waals surface area contributed by atoms with Gasteiger partial charge in [-0.25, -0.2) is 9.97 Å². The highest BCUT2D eigenvalue weighted by atomic mass is 32.1. The van der Waals surface area contributed by atoms with Gasteiger partial charge in [-0.2, -0.15) is 0 Å². The zero-order valence-corrected chi connectivity index (χ0v) is 15.7. The van der Waals surface area contributed by atoms with E-state index < -0.39 is 0 Å². The van der Waals surface area contributed by atoms with Gasteiger partial charge in [0, 0.05) is 18.1 Å². The monoisotopic (exact) mass is 364 g/mol. The Bertz CT molecular complexity index is 1100. The van der Waals surface area contributed by atoms with E-state index >= 15 is 0 Å². The van der Waals surface area contributed by atoms with Gasteiger partial charge < -0.3 is 4.90 Å². The van der Waals surface area contributed by atoms with Crippen LogP contribution in [-0.2, 0) is 19.4 Å². The van der Waals surface area contributed by atoms with E-state index in [4.69, 9.17) is 0 Å². The minimum atomic E-state index is 0.651. The lowest BCUT2D eigenvalue weighted by atomic mass is 9.89. The molecule has 7 heteroatoms. The largest absolute Gasteiger partial charge is 0.351 e.